The van der Waals surface area contributed by atoms with Gasteiger partial charge < -0.3 is 20.3 Å². The number of ether oxygens (including phenoxy) is 1. The highest BCUT2D eigenvalue weighted by atomic mass is 16.5. The molecule has 0 fully saturated rings. The van der Waals surface area contributed by atoms with Crippen LogP contribution in [0.25, 0.3) is 0 Å². The van der Waals surface area contributed by atoms with Crippen LogP contribution in [0.15, 0.2) is 24.3 Å². The summed E-state index contributed by atoms with van der Waals surface area (Å²) in [5, 5.41) is 23.2. The van der Waals surface area contributed by atoms with Crippen LogP contribution in [0.2, 0.25) is 0 Å². The molecule has 0 aliphatic carbocycles. The van der Waals surface area contributed by atoms with E-state index in [9.17, 15) is 19.8 Å². The second-order valence-electron chi connectivity index (χ2n) is 26.0. The number of unbranched alkanes of at least 4 members (excludes halogenated alkanes) is 56. The SMILES string of the molecule is CCCCC/C=C\C/C=C\CCCCCCCCCC(=O)OCCCCCCCCCCCCCCCCCCCCCCCCCCCCCCCCCCCCCCCC(=O)NC(CO)C(O)CCCCCCCCCCCCC. The molecule has 2 unspecified atom stereocenters. The molecule has 3 N–H and O–H groups in total. The summed E-state index contributed by atoms with van der Waals surface area (Å²) in [4.78, 5) is 24.6. The van der Waals surface area contributed by atoms with Crippen molar-refractivity contribution in [3.05, 3.63) is 24.3 Å². The van der Waals surface area contributed by atoms with Gasteiger partial charge in [-0.1, -0.05) is 378 Å². The van der Waals surface area contributed by atoms with E-state index in [1.807, 2.05) is 0 Å². The highest BCUT2D eigenvalue weighted by molar-refractivity contribution is 5.76. The first-order valence-electron chi connectivity index (χ1n) is 37.6. The predicted octanol–water partition coefficient (Wildman–Crippen LogP) is 24.5. The average molecular weight is 1160 g/mol. The molecular weight excluding hydrogens is 1010 g/mol. The number of hydrogen-bond acceptors (Lipinski definition) is 5. The molecule has 0 spiro atoms. The molecule has 0 saturated heterocycles. The van der Waals surface area contributed by atoms with Crippen molar-refractivity contribution >= 4 is 11.9 Å². The van der Waals surface area contributed by atoms with Crippen LogP contribution < -0.4 is 5.32 Å². The van der Waals surface area contributed by atoms with Crippen molar-refractivity contribution in [1.29, 1.82) is 0 Å². The Kier molecular flexibility index (Phi) is 70.4. The molecule has 0 radical (unpaired) electrons. The van der Waals surface area contributed by atoms with Gasteiger partial charge in [0.15, 0.2) is 0 Å². The number of allylic oxidation sites excluding steroid dienone is 4. The number of hydrogen-bond donors (Lipinski definition) is 3. The maximum absolute atomic E-state index is 12.5. The summed E-state index contributed by atoms with van der Waals surface area (Å²) in [5.74, 6) is -0.0118. The Morgan fingerprint density at radius 1 is 0.341 bits per heavy atom. The Labute approximate surface area is 513 Å². The minimum atomic E-state index is -0.658. The Morgan fingerprint density at radius 2 is 0.610 bits per heavy atom. The standard InChI is InChI=1S/C76H147NO5/c1-3-5-7-9-11-13-15-16-17-39-43-46-50-54-58-62-66-70-76(81)82-71-67-63-59-55-51-47-44-41-38-36-34-32-30-28-26-24-22-20-18-19-21-23-25-27-29-31-33-35-37-40-42-45-49-53-57-61-65-69-75(80)77-73(72-78)74(79)68-64-60-56-52-48-14-12-10-8-6-4-2/h11,13,16-17,73-74,78-79H,3-10,12,14-15,18-72H2,1-2H3,(H,77,80)/b13-11-,17-16-. The quantitative estimate of drug-likeness (QED) is 0.0320. The van der Waals surface area contributed by atoms with Gasteiger partial charge in [0.05, 0.1) is 25.4 Å². The molecule has 0 aliphatic rings. The largest absolute Gasteiger partial charge is 0.466 e. The number of amides is 1. The lowest BCUT2D eigenvalue weighted by Gasteiger charge is -2.22. The van der Waals surface area contributed by atoms with E-state index < -0.39 is 12.1 Å². The van der Waals surface area contributed by atoms with Crippen LogP contribution in [-0.4, -0.2) is 47.4 Å². The Hall–Kier alpha value is -1.66. The van der Waals surface area contributed by atoms with Crippen LogP contribution in [0.1, 0.15) is 425 Å². The van der Waals surface area contributed by atoms with E-state index in [1.54, 1.807) is 0 Å². The molecule has 0 bridgehead atoms. The smallest absolute Gasteiger partial charge is 0.305 e. The minimum Gasteiger partial charge on any atom is -0.466 e. The van der Waals surface area contributed by atoms with Gasteiger partial charge in [0.2, 0.25) is 5.91 Å². The maximum Gasteiger partial charge on any atom is 0.305 e. The van der Waals surface area contributed by atoms with Gasteiger partial charge in [-0.3, -0.25) is 9.59 Å². The lowest BCUT2D eigenvalue weighted by molar-refractivity contribution is -0.143. The summed E-state index contributed by atoms with van der Waals surface area (Å²) in [6, 6.07) is -0.535. The highest BCUT2D eigenvalue weighted by Crippen LogP contribution is 2.20. The van der Waals surface area contributed by atoms with Gasteiger partial charge in [-0.05, 0) is 57.8 Å². The van der Waals surface area contributed by atoms with Crippen molar-refractivity contribution in [2.24, 2.45) is 0 Å². The van der Waals surface area contributed by atoms with Crippen LogP contribution in [-0.2, 0) is 14.3 Å². The van der Waals surface area contributed by atoms with Crippen LogP contribution >= 0.6 is 0 Å². The first-order valence-corrected chi connectivity index (χ1v) is 37.6. The topological polar surface area (TPSA) is 95.9 Å². The number of carbonyl (C=O) groups excluding carboxylic acids is 2. The van der Waals surface area contributed by atoms with Crippen molar-refractivity contribution in [2.75, 3.05) is 13.2 Å². The lowest BCUT2D eigenvalue weighted by atomic mass is 10.0. The van der Waals surface area contributed by atoms with E-state index >= 15 is 0 Å². The zero-order chi connectivity index (χ0) is 59.2. The summed E-state index contributed by atoms with van der Waals surface area (Å²) in [6.45, 7) is 4.95. The average Bonchev–Trinajstić information content (AvgIpc) is 3.48. The highest BCUT2D eigenvalue weighted by Gasteiger charge is 2.20. The van der Waals surface area contributed by atoms with Gasteiger partial charge in [0, 0.05) is 12.8 Å². The van der Waals surface area contributed by atoms with Crippen molar-refractivity contribution in [3.63, 3.8) is 0 Å². The molecule has 1 amide bonds. The van der Waals surface area contributed by atoms with E-state index in [-0.39, 0.29) is 18.5 Å². The van der Waals surface area contributed by atoms with Gasteiger partial charge in [-0.15, -0.1) is 0 Å². The molecule has 0 aromatic carbocycles. The van der Waals surface area contributed by atoms with Crippen molar-refractivity contribution in [3.8, 4) is 0 Å². The van der Waals surface area contributed by atoms with Gasteiger partial charge in [-0.2, -0.15) is 0 Å². The van der Waals surface area contributed by atoms with Gasteiger partial charge in [0.1, 0.15) is 0 Å². The summed E-state index contributed by atoms with van der Waals surface area (Å²) in [5.41, 5.74) is 0. The molecule has 0 saturated carbocycles. The van der Waals surface area contributed by atoms with E-state index in [2.05, 4.69) is 43.5 Å². The van der Waals surface area contributed by atoms with Crippen molar-refractivity contribution < 1.29 is 24.5 Å². The molecule has 486 valence electrons. The molecule has 0 aromatic heterocycles. The Morgan fingerprint density at radius 3 is 0.951 bits per heavy atom. The second-order valence-corrected chi connectivity index (χ2v) is 26.0. The number of nitrogens with one attached hydrogen (secondary N) is 1. The van der Waals surface area contributed by atoms with Crippen molar-refractivity contribution in [2.45, 2.75) is 437 Å². The van der Waals surface area contributed by atoms with E-state index in [0.29, 0.717) is 25.9 Å². The van der Waals surface area contributed by atoms with Crippen LogP contribution in [0.5, 0.6) is 0 Å². The molecule has 6 heteroatoms. The zero-order valence-electron chi connectivity index (χ0n) is 55.8. The summed E-state index contributed by atoms with van der Waals surface area (Å²) >= 11 is 0. The molecule has 6 nitrogen and oxygen atoms in total. The Bertz CT molecular complexity index is 1280. The predicted molar refractivity (Wildman–Crippen MR) is 361 cm³/mol. The fraction of sp³-hybridized carbons (Fsp3) is 0.921. The first-order chi connectivity index (χ1) is 40.5. The third-order valence-corrected chi connectivity index (χ3v) is 17.8. The first kappa shape index (κ1) is 80.3. The molecule has 0 rings (SSSR count). The molecule has 82 heavy (non-hydrogen) atoms. The van der Waals surface area contributed by atoms with E-state index in [1.165, 1.54) is 340 Å². The van der Waals surface area contributed by atoms with Gasteiger partial charge in [-0.25, -0.2) is 0 Å². The summed E-state index contributed by atoms with van der Waals surface area (Å²) in [6.07, 6.45) is 91.3. The second kappa shape index (κ2) is 71.8. The molecule has 0 heterocycles. The molecule has 2 atom stereocenters. The third kappa shape index (κ3) is 67.5. The summed E-state index contributed by atoms with van der Waals surface area (Å²) in [7, 11) is 0. The monoisotopic (exact) mass is 1150 g/mol. The minimum absolute atomic E-state index is 0.0162. The van der Waals surface area contributed by atoms with Gasteiger partial charge in [0.25, 0.3) is 0 Å². The fourth-order valence-corrected chi connectivity index (χ4v) is 12.0. The van der Waals surface area contributed by atoms with E-state index in [4.69, 9.17) is 4.74 Å². The Balaban J connectivity index is 3.27. The van der Waals surface area contributed by atoms with Crippen LogP contribution in [0, 0.1) is 0 Å². The molecule has 0 aliphatic heterocycles. The lowest BCUT2D eigenvalue weighted by Crippen LogP contribution is -2.45. The summed E-state index contributed by atoms with van der Waals surface area (Å²) < 4.78 is 5.51. The van der Waals surface area contributed by atoms with Crippen LogP contribution in [0.4, 0.5) is 0 Å². The third-order valence-electron chi connectivity index (χ3n) is 17.8. The van der Waals surface area contributed by atoms with E-state index in [0.717, 1.165) is 51.4 Å². The molecular formula is C76H147NO5. The maximum atomic E-state index is 12.5. The normalized spacial score (nSPS) is 12.6. The van der Waals surface area contributed by atoms with Crippen LogP contribution in [0.3, 0.4) is 0 Å². The number of carbonyl (C=O) groups is 2. The number of aliphatic hydroxyl groups is 2. The van der Waals surface area contributed by atoms with Gasteiger partial charge >= 0.3 is 5.97 Å². The molecule has 0 aromatic rings. The fourth-order valence-electron chi connectivity index (χ4n) is 12.0. The number of aliphatic hydroxyl groups excluding tert-OH is 2. The van der Waals surface area contributed by atoms with Crippen molar-refractivity contribution in [1.82, 2.24) is 5.32 Å². The zero-order valence-corrected chi connectivity index (χ0v) is 55.8. The number of esters is 1. The number of rotatable bonds is 71.